The van der Waals surface area contributed by atoms with Gasteiger partial charge in [-0.2, -0.15) is 5.10 Å². The zero-order valence-electron chi connectivity index (χ0n) is 13.9. The number of benzene rings is 1. The van der Waals surface area contributed by atoms with E-state index in [2.05, 4.69) is 38.3 Å². The summed E-state index contributed by atoms with van der Waals surface area (Å²) >= 11 is 0. The molecule has 0 spiro atoms. The average Bonchev–Trinajstić information content (AvgIpc) is 2.87. The third-order valence-corrected chi connectivity index (χ3v) is 4.62. The maximum absolute atomic E-state index is 4.75. The second kappa shape index (κ2) is 4.45. The van der Waals surface area contributed by atoms with Crippen molar-refractivity contribution in [3.8, 4) is 5.69 Å². The van der Waals surface area contributed by atoms with Crippen molar-refractivity contribution in [3.05, 3.63) is 39.8 Å². The van der Waals surface area contributed by atoms with Gasteiger partial charge in [0.2, 0.25) is 0 Å². The molecule has 2 aromatic heterocycles. The van der Waals surface area contributed by atoms with Crippen molar-refractivity contribution in [2.45, 2.75) is 41.5 Å². The van der Waals surface area contributed by atoms with Crippen LogP contribution in [-0.2, 0) is 7.05 Å². The van der Waals surface area contributed by atoms with Gasteiger partial charge in [0.1, 0.15) is 11.3 Å². The lowest BCUT2D eigenvalue weighted by atomic mass is 9.98. The van der Waals surface area contributed by atoms with Gasteiger partial charge in [0, 0.05) is 7.05 Å². The number of aryl methyl sites for hydroxylation is 5. The van der Waals surface area contributed by atoms with Crippen LogP contribution in [0, 0.1) is 41.5 Å². The minimum absolute atomic E-state index is 0.946. The summed E-state index contributed by atoms with van der Waals surface area (Å²) in [5, 5.41) is 4.75. The van der Waals surface area contributed by atoms with Crippen LogP contribution in [0.5, 0.6) is 0 Å². The highest BCUT2D eigenvalue weighted by atomic mass is 15.3. The molecule has 2 heterocycles. The second-order valence-corrected chi connectivity index (χ2v) is 6.00. The van der Waals surface area contributed by atoms with Crippen LogP contribution < -0.4 is 0 Å². The van der Waals surface area contributed by atoms with Crippen molar-refractivity contribution in [2.24, 2.45) is 7.05 Å². The Morgan fingerprint density at radius 3 is 2.24 bits per heavy atom. The topological polar surface area (TPSA) is 35.6 Å². The Hall–Kier alpha value is -2.10. The van der Waals surface area contributed by atoms with Gasteiger partial charge in [0.25, 0.3) is 0 Å². The quantitative estimate of drug-likeness (QED) is 0.683. The van der Waals surface area contributed by atoms with Crippen LogP contribution in [0.15, 0.2) is 6.07 Å². The predicted molar refractivity (Wildman–Crippen MR) is 86.3 cm³/mol. The van der Waals surface area contributed by atoms with Gasteiger partial charge < -0.3 is 4.57 Å². The number of nitrogens with zero attached hydrogens (tertiary/aromatic N) is 4. The maximum atomic E-state index is 4.75. The molecule has 4 nitrogen and oxygen atoms in total. The fraction of sp³-hybridized carbons (Fsp3) is 0.412. The predicted octanol–water partition coefficient (Wildman–Crippen LogP) is 3.61. The molecule has 3 rings (SSSR count). The van der Waals surface area contributed by atoms with Crippen molar-refractivity contribution in [1.82, 2.24) is 19.3 Å². The molecular formula is C17H22N4. The van der Waals surface area contributed by atoms with Gasteiger partial charge in [0.05, 0.1) is 11.4 Å². The lowest BCUT2D eigenvalue weighted by molar-refractivity contribution is 0.833. The van der Waals surface area contributed by atoms with E-state index in [-0.39, 0.29) is 0 Å². The Labute approximate surface area is 125 Å². The molecule has 0 saturated heterocycles. The van der Waals surface area contributed by atoms with Crippen molar-refractivity contribution in [3.63, 3.8) is 0 Å². The van der Waals surface area contributed by atoms with Crippen molar-refractivity contribution in [1.29, 1.82) is 0 Å². The lowest BCUT2D eigenvalue weighted by Crippen LogP contribution is -2.05. The molecule has 0 saturated carbocycles. The fourth-order valence-corrected chi connectivity index (χ4v) is 3.14. The Morgan fingerprint density at radius 1 is 0.905 bits per heavy atom. The summed E-state index contributed by atoms with van der Waals surface area (Å²) in [4.78, 5) is 4.71. The summed E-state index contributed by atoms with van der Waals surface area (Å²) in [5.74, 6) is 1.01. The van der Waals surface area contributed by atoms with Crippen molar-refractivity contribution < 1.29 is 0 Å². The molecule has 0 aliphatic carbocycles. The lowest BCUT2D eigenvalue weighted by Gasteiger charge is -2.15. The number of hydrogen-bond acceptors (Lipinski definition) is 2. The monoisotopic (exact) mass is 282 g/mol. The van der Waals surface area contributed by atoms with E-state index in [0.29, 0.717) is 0 Å². The number of rotatable bonds is 1. The van der Waals surface area contributed by atoms with E-state index in [4.69, 9.17) is 10.1 Å². The second-order valence-electron chi connectivity index (χ2n) is 6.00. The van der Waals surface area contributed by atoms with E-state index in [1.807, 2.05) is 25.6 Å². The molecule has 0 aliphatic heterocycles. The molecule has 0 unspecified atom stereocenters. The average molecular weight is 282 g/mol. The van der Waals surface area contributed by atoms with E-state index in [1.165, 1.54) is 22.3 Å². The summed E-state index contributed by atoms with van der Waals surface area (Å²) in [6.07, 6.45) is 0. The number of hydrogen-bond donors (Lipinski definition) is 0. The normalized spacial score (nSPS) is 11.6. The summed E-state index contributed by atoms with van der Waals surface area (Å²) in [7, 11) is 2.05. The Kier molecular flexibility index (Phi) is 2.94. The third kappa shape index (κ3) is 1.82. The molecular weight excluding hydrogens is 260 g/mol. The SMILES string of the molecule is Cc1cc(C)c(-n2nc(C)c3c2nc(C)n3C)c(C)c1C. The van der Waals surface area contributed by atoms with Crippen LogP contribution >= 0.6 is 0 Å². The molecule has 21 heavy (non-hydrogen) atoms. The molecule has 0 radical (unpaired) electrons. The zero-order chi connectivity index (χ0) is 15.5. The largest absolute Gasteiger partial charge is 0.328 e. The van der Waals surface area contributed by atoms with E-state index in [1.54, 1.807) is 0 Å². The van der Waals surface area contributed by atoms with Crippen LogP contribution in [0.2, 0.25) is 0 Å². The summed E-state index contributed by atoms with van der Waals surface area (Å²) in [6, 6.07) is 2.23. The van der Waals surface area contributed by atoms with Gasteiger partial charge in [-0.15, -0.1) is 0 Å². The Balaban J connectivity index is 2.42. The fourth-order valence-electron chi connectivity index (χ4n) is 3.14. The summed E-state index contributed by atoms with van der Waals surface area (Å²) in [5.41, 5.74) is 9.41. The van der Waals surface area contributed by atoms with Crippen LogP contribution in [-0.4, -0.2) is 19.3 Å². The molecule has 110 valence electrons. The van der Waals surface area contributed by atoms with E-state index in [0.717, 1.165) is 28.4 Å². The van der Waals surface area contributed by atoms with Gasteiger partial charge in [-0.1, -0.05) is 6.07 Å². The molecule has 1 aromatic carbocycles. The molecule has 3 aromatic rings. The molecule has 0 N–H and O–H groups in total. The number of fused-ring (bicyclic) bond motifs is 1. The maximum Gasteiger partial charge on any atom is 0.181 e. The van der Waals surface area contributed by atoms with Crippen LogP contribution in [0.1, 0.15) is 33.8 Å². The first-order valence-electron chi connectivity index (χ1n) is 7.29. The molecule has 0 fully saturated rings. The van der Waals surface area contributed by atoms with E-state index in [9.17, 15) is 0 Å². The van der Waals surface area contributed by atoms with Gasteiger partial charge >= 0.3 is 0 Å². The smallest absolute Gasteiger partial charge is 0.181 e. The first-order valence-corrected chi connectivity index (χ1v) is 7.29. The summed E-state index contributed by atoms with van der Waals surface area (Å²) < 4.78 is 4.12. The minimum atomic E-state index is 0.946. The molecule has 0 bridgehead atoms. The number of imidazole rings is 1. The Bertz CT molecular complexity index is 865. The van der Waals surface area contributed by atoms with Crippen LogP contribution in [0.3, 0.4) is 0 Å². The zero-order valence-corrected chi connectivity index (χ0v) is 13.9. The van der Waals surface area contributed by atoms with Gasteiger partial charge in [-0.05, 0) is 63.8 Å². The van der Waals surface area contributed by atoms with E-state index >= 15 is 0 Å². The highest BCUT2D eigenvalue weighted by Gasteiger charge is 2.19. The van der Waals surface area contributed by atoms with E-state index < -0.39 is 0 Å². The molecule has 0 aliphatic rings. The molecule has 4 heteroatoms. The van der Waals surface area contributed by atoms with Gasteiger partial charge in [-0.3, -0.25) is 0 Å². The standard InChI is InChI=1S/C17H22N4/c1-9-8-10(2)15(12(4)11(9)3)21-17-16(13(5)19-21)20(7)14(6)18-17/h8H,1-7H3. The molecule has 0 amide bonds. The Morgan fingerprint density at radius 2 is 1.57 bits per heavy atom. The van der Waals surface area contributed by atoms with Crippen LogP contribution in [0.25, 0.3) is 16.9 Å². The first-order chi connectivity index (χ1) is 9.82. The van der Waals surface area contributed by atoms with Crippen molar-refractivity contribution in [2.75, 3.05) is 0 Å². The third-order valence-electron chi connectivity index (χ3n) is 4.62. The summed E-state index contributed by atoms with van der Waals surface area (Å²) in [6.45, 7) is 12.7. The first kappa shape index (κ1) is 13.9. The minimum Gasteiger partial charge on any atom is -0.328 e. The molecule has 0 atom stereocenters. The highest BCUT2D eigenvalue weighted by molar-refractivity contribution is 5.78. The van der Waals surface area contributed by atoms with Gasteiger partial charge in [-0.25, -0.2) is 9.67 Å². The van der Waals surface area contributed by atoms with Crippen LogP contribution in [0.4, 0.5) is 0 Å². The highest BCUT2D eigenvalue weighted by Crippen LogP contribution is 2.29. The number of aromatic nitrogens is 4. The van der Waals surface area contributed by atoms with Gasteiger partial charge in [0.15, 0.2) is 5.65 Å². The van der Waals surface area contributed by atoms with Crippen molar-refractivity contribution >= 4 is 11.2 Å².